The van der Waals surface area contributed by atoms with Crippen molar-refractivity contribution in [2.24, 2.45) is 34.5 Å². The molecule has 0 unspecified atom stereocenters. The SMILES string of the molecule is Cc1ccc(S(=O)(=O)O[C@@H]2CC[C@@]3(C)[C@@H](CC[C@H]4[C@H]3C(=O)C[C@]3(C)C(=O)CC[C@@H]43)C2)cc1. The Labute approximate surface area is 191 Å². The molecule has 4 saturated carbocycles. The van der Waals surface area contributed by atoms with Crippen molar-refractivity contribution in [2.75, 3.05) is 0 Å². The molecule has 4 aliphatic carbocycles. The van der Waals surface area contributed by atoms with Crippen LogP contribution in [0.4, 0.5) is 0 Å². The summed E-state index contributed by atoms with van der Waals surface area (Å²) in [7, 11) is -3.80. The molecule has 0 N–H and O–H groups in total. The van der Waals surface area contributed by atoms with Crippen LogP contribution in [0.15, 0.2) is 29.2 Å². The van der Waals surface area contributed by atoms with Gasteiger partial charge in [0.05, 0.1) is 11.0 Å². The molecular formula is C26H34O5S. The summed E-state index contributed by atoms with van der Waals surface area (Å²) in [6.07, 6.45) is 5.66. The van der Waals surface area contributed by atoms with Gasteiger partial charge in [-0.05, 0) is 80.8 Å². The standard InChI is InChI=1S/C26H34O5S/c1-16-4-7-19(8-5-16)32(29,30)31-18-12-13-25(2)17(14-18)6-9-20-21-10-11-23(28)26(21,3)15-22(27)24(20)25/h4-5,7-8,17-18,20-21,24H,6,9-15H2,1-3H3/t17-,18+,20+,21-,24-,25-,26-/m0/s1. The molecule has 0 spiro atoms. The topological polar surface area (TPSA) is 77.5 Å². The predicted octanol–water partition coefficient (Wildman–Crippen LogP) is 4.86. The van der Waals surface area contributed by atoms with Gasteiger partial charge in [0.15, 0.2) is 0 Å². The van der Waals surface area contributed by atoms with E-state index in [1.165, 1.54) is 0 Å². The minimum Gasteiger partial charge on any atom is -0.299 e. The van der Waals surface area contributed by atoms with E-state index in [2.05, 4.69) is 6.92 Å². The van der Waals surface area contributed by atoms with Gasteiger partial charge in [0.25, 0.3) is 10.1 Å². The smallest absolute Gasteiger partial charge is 0.297 e. The van der Waals surface area contributed by atoms with E-state index in [1.54, 1.807) is 24.3 Å². The van der Waals surface area contributed by atoms with E-state index in [-0.39, 0.29) is 39.8 Å². The van der Waals surface area contributed by atoms with E-state index in [1.807, 2.05) is 13.8 Å². The zero-order valence-electron chi connectivity index (χ0n) is 19.3. The summed E-state index contributed by atoms with van der Waals surface area (Å²) in [5.41, 5.74) is 0.427. The molecule has 4 fully saturated rings. The van der Waals surface area contributed by atoms with Crippen LogP contribution < -0.4 is 0 Å². The fourth-order valence-corrected chi connectivity index (χ4v) is 8.95. The third kappa shape index (κ3) is 3.32. The molecule has 174 valence electrons. The van der Waals surface area contributed by atoms with Gasteiger partial charge >= 0.3 is 0 Å². The zero-order valence-corrected chi connectivity index (χ0v) is 20.1. The second-order valence-corrected chi connectivity index (χ2v) is 12.9. The van der Waals surface area contributed by atoms with E-state index in [0.717, 1.165) is 31.2 Å². The van der Waals surface area contributed by atoms with Gasteiger partial charge in [-0.3, -0.25) is 13.8 Å². The minimum absolute atomic E-state index is 0.000110. The van der Waals surface area contributed by atoms with Crippen molar-refractivity contribution in [3.63, 3.8) is 0 Å². The summed E-state index contributed by atoms with van der Waals surface area (Å²) >= 11 is 0. The van der Waals surface area contributed by atoms with Crippen molar-refractivity contribution in [1.82, 2.24) is 0 Å². The summed E-state index contributed by atoms with van der Waals surface area (Å²) < 4.78 is 31.3. The van der Waals surface area contributed by atoms with E-state index >= 15 is 0 Å². The highest BCUT2D eigenvalue weighted by Crippen LogP contribution is 2.64. The van der Waals surface area contributed by atoms with E-state index in [0.29, 0.717) is 37.5 Å². The maximum Gasteiger partial charge on any atom is 0.297 e. The molecule has 1 aromatic rings. The van der Waals surface area contributed by atoms with Crippen LogP contribution in [0.2, 0.25) is 0 Å². The van der Waals surface area contributed by atoms with Crippen molar-refractivity contribution in [1.29, 1.82) is 0 Å². The average Bonchev–Trinajstić information content (AvgIpc) is 3.02. The molecule has 0 aliphatic heterocycles. The Morgan fingerprint density at radius 3 is 2.44 bits per heavy atom. The predicted molar refractivity (Wildman–Crippen MR) is 120 cm³/mol. The molecule has 5 nitrogen and oxygen atoms in total. The number of hydrogen-bond acceptors (Lipinski definition) is 5. The Balaban J connectivity index is 1.34. The van der Waals surface area contributed by atoms with E-state index in [4.69, 9.17) is 4.18 Å². The summed E-state index contributed by atoms with van der Waals surface area (Å²) in [5, 5.41) is 0. The van der Waals surface area contributed by atoms with Crippen LogP contribution in [0.3, 0.4) is 0 Å². The summed E-state index contributed by atoms with van der Waals surface area (Å²) in [5.74, 6) is 1.44. The lowest BCUT2D eigenvalue weighted by Crippen LogP contribution is -2.57. The number of carbonyl (C=O) groups is 2. The third-order valence-corrected chi connectivity index (χ3v) is 11.0. The minimum atomic E-state index is -3.80. The quantitative estimate of drug-likeness (QED) is 0.605. The van der Waals surface area contributed by atoms with Crippen molar-refractivity contribution < 1.29 is 22.2 Å². The maximum absolute atomic E-state index is 13.4. The number of hydrogen-bond donors (Lipinski definition) is 0. The summed E-state index contributed by atoms with van der Waals surface area (Å²) in [6, 6.07) is 6.77. The summed E-state index contributed by atoms with van der Waals surface area (Å²) in [4.78, 5) is 26.2. The van der Waals surface area contributed by atoms with Gasteiger partial charge < -0.3 is 0 Å². The van der Waals surface area contributed by atoms with Crippen molar-refractivity contribution >= 4 is 21.7 Å². The highest BCUT2D eigenvalue weighted by atomic mass is 32.2. The van der Waals surface area contributed by atoms with Gasteiger partial charge in [0.2, 0.25) is 0 Å². The molecular weight excluding hydrogens is 424 g/mol. The first-order chi connectivity index (χ1) is 15.0. The van der Waals surface area contributed by atoms with Crippen LogP contribution in [0.5, 0.6) is 0 Å². The molecule has 0 bridgehead atoms. The van der Waals surface area contributed by atoms with Gasteiger partial charge in [-0.15, -0.1) is 0 Å². The molecule has 5 rings (SSSR count). The van der Waals surface area contributed by atoms with Crippen LogP contribution in [-0.2, 0) is 23.9 Å². The van der Waals surface area contributed by atoms with Gasteiger partial charge in [0, 0.05) is 24.2 Å². The highest BCUT2D eigenvalue weighted by Gasteiger charge is 2.63. The number of rotatable bonds is 3. The molecule has 0 heterocycles. The zero-order chi connectivity index (χ0) is 22.9. The van der Waals surface area contributed by atoms with Crippen molar-refractivity contribution in [3.05, 3.63) is 29.8 Å². The lowest BCUT2D eigenvalue weighted by atomic mass is 9.45. The number of Topliss-reactive ketones (excluding diaryl/α,β-unsaturated/α-hetero) is 2. The first kappa shape index (κ1) is 22.3. The van der Waals surface area contributed by atoms with Crippen LogP contribution in [0, 0.1) is 41.4 Å². The van der Waals surface area contributed by atoms with Crippen molar-refractivity contribution in [3.8, 4) is 0 Å². The molecule has 0 radical (unpaired) electrons. The number of ketones is 2. The second-order valence-electron chi connectivity index (χ2n) is 11.3. The van der Waals surface area contributed by atoms with Crippen LogP contribution >= 0.6 is 0 Å². The van der Waals surface area contributed by atoms with E-state index in [9.17, 15) is 18.0 Å². The number of fused-ring (bicyclic) bond motifs is 5. The first-order valence-electron chi connectivity index (χ1n) is 12.1. The van der Waals surface area contributed by atoms with Gasteiger partial charge in [-0.2, -0.15) is 8.42 Å². The molecule has 0 aromatic heterocycles. The largest absolute Gasteiger partial charge is 0.299 e. The van der Waals surface area contributed by atoms with Gasteiger partial charge in [-0.25, -0.2) is 0 Å². The Kier molecular flexibility index (Phi) is 5.21. The second kappa shape index (κ2) is 7.49. The molecule has 7 atom stereocenters. The fraction of sp³-hybridized carbons (Fsp3) is 0.692. The maximum atomic E-state index is 13.4. The number of aryl methyl sites for hydroxylation is 1. The molecule has 6 heteroatoms. The molecule has 4 aliphatic rings. The van der Waals surface area contributed by atoms with E-state index < -0.39 is 15.5 Å². The molecule has 1 aromatic carbocycles. The highest BCUT2D eigenvalue weighted by molar-refractivity contribution is 7.86. The van der Waals surface area contributed by atoms with Gasteiger partial charge in [-0.1, -0.05) is 31.5 Å². The Morgan fingerprint density at radius 2 is 1.72 bits per heavy atom. The lowest BCUT2D eigenvalue weighted by molar-refractivity contribution is -0.161. The van der Waals surface area contributed by atoms with Crippen LogP contribution in [0.25, 0.3) is 0 Å². The van der Waals surface area contributed by atoms with Crippen LogP contribution in [-0.4, -0.2) is 26.1 Å². The Hall–Kier alpha value is -1.53. The fourth-order valence-electron chi connectivity index (χ4n) is 7.84. The monoisotopic (exact) mass is 458 g/mol. The number of carbonyl (C=O) groups excluding carboxylic acids is 2. The Morgan fingerprint density at radius 1 is 1.00 bits per heavy atom. The summed E-state index contributed by atoms with van der Waals surface area (Å²) in [6.45, 7) is 6.19. The molecule has 32 heavy (non-hydrogen) atoms. The number of benzene rings is 1. The average molecular weight is 459 g/mol. The molecule has 0 saturated heterocycles. The van der Waals surface area contributed by atoms with Gasteiger partial charge in [0.1, 0.15) is 11.6 Å². The molecule has 0 amide bonds. The first-order valence-corrected chi connectivity index (χ1v) is 13.5. The van der Waals surface area contributed by atoms with Crippen LogP contribution in [0.1, 0.15) is 70.8 Å². The van der Waals surface area contributed by atoms with Crippen molar-refractivity contribution in [2.45, 2.75) is 83.1 Å². The normalized spacial score (nSPS) is 41.7. The lowest BCUT2D eigenvalue weighted by Gasteiger charge is -2.59. The third-order valence-electron chi connectivity index (χ3n) is 9.59. The Bertz CT molecular complexity index is 1040.